The Bertz CT molecular complexity index is 1050. The lowest BCUT2D eigenvalue weighted by Gasteiger charge is -2.14. The van der Waals surface area contributed by atoms with Crippen LogP contribution in [0.1, 0.15) is 17.4 Å². The molecule has 3 aromatic rings. The minimum atomic E-state index is -3.28. The maximum Gasteiger partial charge on any atom is 0.240 e. The summed E-state index contributed by atoms with van der Waals surface area (Å²) in [5.41, 5.74) is 8.42. The number of nitrogens with one attached hydrogen (secondary N) is 1. The zero-order valence-electron chi connectivity index (χ0n) is 15.0. The minimum Gasteiger partial charge on any atom is -0.353 e. The molecule has 3 rings (SSSR count). The van der Waals surface area contributed by atoms with Gasteiger partial charge < -0.3 is 15.6 Å². The van der Waals surface area contributed by atoms with Gasteiger partial charge in [-0.3, -0.25) is 4.79 Å². The molecule has 1 amide bonds. The SMILES string of the molecule is CS(=O)(=O)Cc1nc2ccccc2n1CC(=O)NCC(N)c1ccccc1. The number of nitrogens with zero attached hydrogens (tertiary/aromatic N) is 2. The monoisotopic (exact) mass is 386 g/mol. The van der Waals surface area contributed by atoms with Crippen LogP contribution in [0.4, 0.5) is 0 Å². The lowest BCUT2D eigenvalue weighted by molar-refractivity contribution is -0.121. The van der Waals surface area contributed by atoms with Gasteiger partial charge in [0.05, 0.1) is 11.0 Å². The summed E-state index contributed by atoms with van der Waals surface area (Å²) in [6, 6.07) is 16.5. The van der Waals surface area contributed by atoms with Gasteiger partial charge in [0.15, 0.2) is 9.84 Å². The first-order valence-electron chi connectivity index (χ1n) is 8.52. The molecule has 1 atom stereocenters. The molecule has 1 aromatic heterocycles. The molecule has 0 radical (unpaired) electrons. The number of para-hydroxylation sites is 2. The molecule has 27 heavy (non-hydrogen) atoms. The number of hydrogen-bond donors (Lipinski definition) is 2. The Morgan fingerprint density at radius 3 is 2.52 bits per heavy atom. The zero-order chi connectivity index (χ0) is 19.4. The fraction of sp³-hybridized carbons (Fsp3) is 0.263. The van der Waals surface area contributed by atoms with E-state index in [1.54, 1.807) is 10.6 Å². The van der Waals surface area contributed by atoms with E-state index in [0.29, 0.717) is 11.3 Å². The van der Waals surface area contributed by atoms with Crippen LogP contribution in [0.15, 0.2) is 54.6 Å². The van der Waals surface area contributed by atoms with Crippen LogP contribution in [0.5, 0.6) is 0 Å². The molecular weight excluding hydrogens is 364 g/mol. The maximum atomic E-state index is 12.4. The van der Waals surface area contributed by atoms with Crippen LogP contribution in [-0.2, 0) is 26.9 Å². The van der Waals surface area contributed by atoms with Crippen molar-refractivity contribution >= 4 is 26.8 Å². The third kappa shape index (κ3) is 4.93. The molecule has 0 aliphatic carbocycles. The van der Waals surface area contributed by atoms with E-state index in [1.165, 1.54) is 0 Å². The predicted molar refractivity (Wildman–Crippen MR) is 105 cm³/mol. The van der Waals surface area contributed by atoms with Crippen LogP contribution < -0.4 is 11.1 Å². The van der Waals surface area contributed by atoms with Gasteiger partial charge in [0.2, 0.25) is 5.91 Å². The fourth-order valence-corrected chi connectivity index (χ4v) is 3.58. The van der Waals surface area contributed by atoms with Crippen LogP contribution in [0.2, 0.25) is 0 Å². The number of aromatic nitrogens is 2. The maximum absolute atomic E-state index is 12.4. The topological polar surface area (TPSA) is 107 Å². The van der Waals surface area contributed by atoms with Crippen molar-refractivity contribution in [1.29, 1.82) is 0 Å². The van der Waals surface area contributed by atoms with Gasteiger partial charge in [-0.2, -0.15) is 0 Å². The summed E-state index contributed by atoms with van der Waals surface area (Å²) in [5, 5.41) is 2.81. The average Bonchev–Trinajstić information content (AvgIpc) is 2.96. The van der Waals surface area contributed by atoms with Crippen molar-refractivity contribution in [3.8, 4) is 0 Å². The Morgan fingerprint density at radius 1 is 1.15 bits per heavy atom. The minimum absolute atomic E-state index is 0.0210. The van der Waals surface area contributed by atoms with Crippen LogP contribution in [-0.4, -0.2) is 36.7 Å². The first-order chi connectivity index (χ1) is 12.8. The van der Waals surface area contributed by atoms with Crippen molar-refractivity contribution in [3.63, 3.8) is 0 Å². The Hall–Kier alpha value is -2.71. The summed E-state index contributed by atoms with van der Waals surface area (Å²) >= 11 is 0. The molecule has 7 nitrogen and oxygen atoms in total. The molecule has 1 heterocycles. The molecule has 2 aromatic carbocycles. The number of carbonyl (C=O) groups is 1. The standard InChI is InChI=1S/C19H22N4O3S/c1-27(25,26)13-18-22-16-9-5-6-10-17(16)23(18)12-19(24)21-11-15(20)14-7-3-2-4-8-14/h2-10,15H,11-13,20H2,1H3,(H,21,24). The highest BCUT2D eigenvalue weighted by Gasteiger charge is 2.17. The molecular formula is C19H22N4O3S. The molecule has 0 saturated heterocycles. The molecule has 0 aliphatic rings. The van der Waals surface area contributed by atoms with Crippen LogP contribution in [0, 0.1) is 0 Å². The van der Waals surface area contributed by atoms with Gasteiger partial charge >= 0.3 is 0 Å². The van der Waals surface area contributed by atoms with Crippen molar-refractivity contribution in [1.82, 2.24) is 14.9 Å². The summed E-state index contributed by atoms with van der Waals surface area (Å²) in [6.45, 7) is 0.268. The number of nitrogens with two attached hydrogens (primary N) is 1. The quantitative estimate of drug-likeness (QED) is 0.638. The Balaban J connectivity index is 1.75. The van der Waals surface area contributed by atoms with E-state index in [4.69, 9.17) is 5.73 Å². The molecule has 0 aliphatic heterocycles. The van der Waals surface area contributed by atoms with Crippen molar-refractivity contribution < 1.29 is 13.2 Å². The highest BCUT2D eigenvalue weighted by atomic mass is 32.2. The van der Waals surface area contributed by atoms with E-state index in [1.807, 2.05) is 48.5 Å². The van der Waals surface area contributed by atoms with Gasteiger partial charge in [0.25, 0.3) is 0 Å². The third-order valence-corrected chi connectivity index (χ3v) is 4.96. The van der Waals surface area contributed by atoms with E-state index in [2.05, 4.69) is 10.3 Å². The summed E-state index contributed by atoms with van der Waals surface area (Å²) < 4.78 is 25.1. The Kier molecular flexibility index (Phi) is 5.57. The van der Waals surface area contributed by atoms with Gasteiger partial charge in [-0.1, -0.05) is 42.5 Å². The highest BCUT2D eigenvalue weighted by molar-refractivity contribution is 7.89. The molecule has 3 N–H and O–H groups in total. The summed E-state index contributed by atoms with van der Waals surface area (Å²) in [7, 11) is -3.28. The molecule has 0 bridgehead atoms. The number of imidazole rings is 1. The van der Waals surface area contributed by atoms with Gasteiger partial charge in [-0.25, -0.2) is 13.4 Å². The normalized spacial score (nSPS) is 12.8. The van der Waals surface area contributed by atoms with E-state index in [-0.39, 0.29) is 30.8 Å². The van der Waals surface area contributed by atoms with Crippen molar-refractivity contribution in [2.24, 2.45) is 5.73 Å². The number of amides is 1. The lowest BCUT2D eigenvalue weighted by Crippen LogP contribution is -2.34. The van der Waals surface area contributed by atoms with Crippen LogP contribution in [0.25, 0.3) is 11.0 Å². The fourth-order valence-electron chi connectivity index (χ4n) is 2.89. The third-order valence-electron chi connectivity index (χ3n) is 4.17. The molecule has 142 valence electrons. The second-order valence-electron chi connectivity index (χ2n) is 6.49. The van der Waals surface area contributed by atoms with Crippen molar-refractivity contribution in [3.05, 3.63) is 66.0 Å². The molecule has 1 unspecified atom stereocenters. The molecule has 0 saturated carbocycles. The predicted octanol–water partition coefficient (Wildman–Crippen LogP) is 1.40. The van der Waals surface area contributed by atoms with Gasteiger partial charge in [0, 0.05) is 18.8 Å². The van der Waals surface area contributed by atoms with E-state index < -0.39 is 9.84 Å². The van der Waals surface area contributed by atoms with Gasteiger partial charge in [0.1, 0.15) is 18.1 Å². The number of sulfone groups is 1. The lowest BCUT2D eigenvalue weighted by atomic mass is 10.1. The summed E-state index contributed by atoms with van der Waals surface area (Å²) in [5.74, 6) is -0.126. The van der Waals surface area contributed by atoms with E-state index >= 15 is 0 Å². The molecule has 0 fully saturated rings. The number of fused-ring (bicyclic) bond motifs is 1. The Labute approximate surface area is 158 Å². The first kappa shape index (κ1) is 19.1. The molecule has 8 heteroatoms. The van der Waals surface area contributed by atoms with Crippen LogP contribution >= 0.6 is 0 Å². The average molecular weight is 386 g/mol. The summed E-state index contributed by atoms with van der Waals surface area (Å²) in [4.78, 5) is 16.8. The van der Waals surface area contributed by atoms with E-state index in [0.717, 1.165) is 17.3 Å². The number of hydrogen-bond acceptors (Lipinski definition) is 5. The van der Waals surface area contributed by atoms with Gasteiger partial charge in [-0.15, -0.1) is 0 Å². The number of benzene rings is 2. The molecule has 0 spiro atoms. The largest absolute Gasteiger partial charge is 0.353 e. The second-order valence-corrected chi connectivity index (χ2v) is 8.63. The zero-order valence-corrected chi connectivity index (χ0v) is 15.8. The number of rotatable bonds is 7. The Morgan fingerprint density at radius 2 is 1.81 bits per heavy atom. The second kappa shape index (κ2) is 7.89. The van der Waals surface area contributed by atoms with Crippen molar-refractivity contribution in [2.75, 3.05) is 12.8 Å². The number of carbonyl (C=O) groups excluding carboxylic acids is 1. The highest BCUT2D eigenvalue weighted by Crippen LogP contribution is 2.17. The first-order valence-corrected chi connectivity index (χ1v) is 10.6. The summed E-state index contributed by atoms with van der Waals surface area (Å²) in [6.07, 6.45) is 1.15. The van der Waals surface area contributed by atoms with Gasteiger partial charge in [-0.05, 0) is 17.7 Å². The van der Waals surface area contributed by atoms with E-state index in [9.17, 15) is 13.2 Å². The van der Waals surface area contributed by atoms with Crippen molar-refractivity contribution in [2.45, 2.75) is 18.3 Å². The van der Waals surface area contributed by atoms with Crippen LogP contribution in [0.3, 0.4) is 0 Å². The smallest absolute Gasteiger partial charge is 0.240 e.